The molecule has 0 aromatic carbocycles. The molecule has 1 aliphatic rings. The van der Waals surface area contributed by atoms with Crippen LogP contribution in [0.15, 0.2) is 0 Å². The van der Waals surface area contributed by atoms with Crippen LogP contribution in [0.5, 0.6) is 0 Å². The number of rotatable bonds is 2. The molecule has 0 aliphatic carbocycles. The zero-order valence-electron chi connectivity index (χ0n) is 9.19. The number of ether oxygens (including phenoxy) is 1. The van der Waals surface area contributed by atoms with Crippen LogP contribution in [0.1, 0.15) is 20.8 Å². The lowest BCUT2D eigenvalue weighted by Crippen LogP contribution is -2.53. The first-order valence-corrected chi connectivity index (χ1v) is 6.06. The fourth-order valence-electron chi connectivity index (χ4n) is 1.34. The Bertz CT molecular complexity index is 268. The first kappa shape index (κ1) is 12.4. The monoisotopic (exact) mass is 234 g/mol. The Balaban J connectivity index is 2.27. The lowest BCUT2D eigenvalue weighted by Gasteiger charge is -2.40. The molecule has 6 heteroatoms. The Morgan fingerprint density at radius 3 is 2.47 bits per heavy atom. The van der Waals surface area contributed by atoms with E-state index < -0.39 is 16.7 Å². The minimum atomic E-state index is -2.02. The molecule has 15 heavy (non-hydrogen) atoms. The van der Waals surface area contributed by atoms with E-state index in [1.54, 1.807) is 20.8 Å². The van der Waals surface area contributed by atoms with Gasteiger partial charge in [0.2, 0.25) is 0 Å². The van der Waals surface area contributed by atoms with Gasteiger partial charge < -0.3 is 14.2 Å². The molecular weight excluding hydrogens is 218 g/mol. The van der Waals surface area contributed by atoms with E-state index in [1.165, 1.54) is 4.90 Å². The summed E-state index contributed by atoms with van der Waals surface area (Å²) < 4.78 is 25.9. The van der Waals surface area contributed by atoms with E-state index in [4.69, 9.17) is 4.74 Å². The molecule has 0 radical (unpaired) electrons. The van der Waals surface area contributed by atoms with Gasteiger partial charge in [-0.3, -0.25) is 4.21 Å². The molecule has 1 rings (SSSR count). The van der Waals surface area contributed by atoms with Crippen molar-refractivity contribution in [3.63, 3.8) is 0 Å². The van der Waals surface area contributed by atoms with Gasteiger partial charge in [0.1, 0.15) is 5.60 Å². The van der Waals surface area contributed by atoms with Gasteiger partial charge in [-0.15, -0.1) is 0 Å². The van der Waals surface area contributed by atoms with Crippen LogP contribution in [0.2, 0.25) is 0 Å². The quantitative estimate of drug-likeness (QED) is 0.660. The Morgan fingerprint density at radius 2 is 2.07 bits per heavy atom. The molecule has 0 aromatic heterocycles. The van der Waals surface area contributed by atoms with Crippen molar-refractivity contribution in [2.45, 2.75) is 26.4 Å². The number of likely N-dealkylation sites (tertiary alicyclic amines) is 1. The molecular formula is C9H16NO4S-. The smallest absolute Gasteiger partial charge is 0.410 e. The lowest BCUT2D eigenvalue weighted by molar-refractivity contribution is 0.00187. The summed E-state index contributed by atoms with van der Waals surface area (Å²) in [6.45, 7) is 6.35. The van der Waals surface area contributed by atoms with Gasteiger partial charge in [0.25, 0.3) is 0 Å². The summed E-state index contributed by atoms with van der Waals surface area (Å²) in [5, 5.41) is 0. The van der Waals surface area contributed by atoms with Crippen LogP contribution < -0.4 is 0 Å². The van der Waals surface area contributed by atoms with E-state index in [0.29, 0.717) is 13.1 Å². The Hall–Kier alpha value is -0.620. The predicted octanol–water partition coefficient (Wildman–Crippen LogP) is 0.732. The Kier molecular flexibility index (Phi) is 3.72. The van der Waals surface area contributed by atoms with Gasteiger partial charge in [-0.2, -0.15) is 0 Å². The van der Waals surface area contributed by atoms with Crippen LogP contribution >= 0.6 is 0 Å². The zero-order valence-corrected chi connectivity index (χ0v) is 10.0. The molecule has 0 spiro atoms. The van der Waals surface area contributed by atoms with E-state index in [0.717, 1.165) is 0 Å². The maximum Gasteiger partial charge on any atom is 0.410 e. The van der Waals surface area contributed by atoms with Crippen molar-refractivity contribution < 1.29 is 18.3 Å². The van der Waals surface area contributed by atoms with Gasteiger partial charge in [0.15, 0.2) is 0 Å². The van der Waals surface area contributed by atoms with Crippen molar-refractivity contribution in [2.24, 2.45) is 5.92 Å². The molecule has 1 aliphatic heterocycles. The Labute approximate surface area is 92.1 Å². The van der Waals surface area contributed by atoms with Crippen molar-refractivity contribution in [2.75, 3.05) is 18.8 Å². The standard InChI is InChI=1S/C9H17NO4S/c1-9(2,3)14-8(11)10-4-7(5-10)6-15(12)13/h7H,4-6H2,1-3H3,(H,12,13)/p-1. The van der Waals surface area contributed by atoms with Crippen molar-refractivity contribution >= 4 is 17.2 Å². The molecule has 0 N–H and O–H groups in total. The number of nitrogens with zero attached hydrogens (tertiary/aromatic N) is 1. The first-order chi connectivity index (χ1) is 6.78. The minimum absolute atomic E-state index is 0.0656. The molecule has 1 heterocycles. The summed E-state index contributed by atoms with van der Waals surface area (Å²) in [4.78, 5) is 12.9. The lowest BCUT2D eigenvalue weighted by atomic mass is 10.0. The summed E-state index contributed by atoms with van der Waals surface area (Å²) in [7, 11) is 0. The molecule has 1 saturated heterocycles. The van der Waals surface area contributed by atoms with Crippen LogP contribution in [0.3, 0.4) is 0 Å². The molecule has 1 amide bonds. The minimum Gasteiger partial charge on any atom is -0.772 e. The van der Waals surface area contributed by atoms with E-state index in [2.05, 4.69) is 0 Å². The van der Waals surface area contributed by atoms with Gasteiger partial charge in [-0.05, 0) is 20.8 Å². The molecule has 1 atom stereocenters. The number of hydrogen-bond donors (Lipinski definition) is 0. The SMILES string of the molecule is CC(C)(C)OC(=O)N1CC(CS(=O)[O-])C1. The third kappa shape index (κ3) is 4.17. The van der Waals surface area contributed by atoms with Crippen molar-refractivity contribution in [1.29, 1.82) is 0 Å². The number of amides is 1. The zero-order chi connectivity index (χ0) is 11.6. The molecule has 5 nitrogen and oxygen atoms in total. The maximum atomic E-state index is 11.4. The number of carbonyl (C=O) groups excluding carboxylic acids is 1. The van der Waals surface area contributed by atoms with E-state index in [-0.39, 0.29) is 17.8 Å². The van der Waals surface area contributed by atoms with Crippen molar-refractivity contribution in [3.05, 3.63) is 0 Å². The topological polar surface area (TPSA) is 69.7 Å². The summed E-state index contributed by atoms with van der Waals surface area (Å²) in [5.74, 6) is 0.190. The summed E-state index contributed by atoms with van der Waals surface area (Å²) in [6.07, 6.45) is -0.365. The molecule has 88 valence electrons. The van der Waals surface area contributed by atoms with Gasteiger partial charge in [0.05, 0.1) is 0 Å². The highest BCUT2D eigenvalue weighted by Crippen LogP contribution is 2.19. The van der Waals surface area contributed by atoms with Crippen LogP contribution in [-0.4, -0.2) is 44.2 Å². The van der Waals surface area contributed by atoms with Crippen LogP contribution in [0.4, 0.5) is 4.79 Å². The van der Waals surface area contributed by atoms with Crippen LogP contribution in [0, 0.1) is 5.92 Å². The molecule has 0 bridgehead atoms. The van der Waals surface area contributed by atoms with Crippen molar-refractivity contribution in [1.82, 2.24) is 4.90 Å². The summed E-state index contributed by atoms with van der Waals surface area (Å²) in [5.41, 5.74) is -0.497. The van der Waals surface area contributed by atoms with Gasteiger partial charge >= 0.3 is 6.09 Å². The van der Waals surface area contributed by atoms with E-state index in [9.17, 15) is 13.6 Å². The van der Waals surface area contributed by atoms with Crippen LogP contribution in [0.25, 0.3) is 0 Å². The highest BCUT2D eigenvalue weighted by atomic mass is 32.2. The van der Waals surface area contributed by atoms with Gasteiger partial charge in [0, 0.05) is 24.8 Å². The van der Waals surface area contributed by atoms with Crippen molar-refractivity contribution in [3.8, 4) is 0 Å². The highest BCUT2D eigenvalue weighted by molar-refractivity contribution is 7.79. The van der Waals surface area contributed by atoms with E-state index in [1.807, 2.05) is 0 Å². The van der Waals surface area contributed by atoms with Gasteiger partial charge in [-0.25, -0.2) is 4.79 Å². The van der Waals surface area contributed by atoms with Crippen LogP contribution in [-0.2, 0) is 15.8 Å². The second-order valence-corrected chi connectivity index (χ2v) is 5.66. The second-order valence-electron chi connectivity index (χ2n) is 4.72. The average molecular weight is 234 g/mol. The number of carbonyl (C=O) groups is 1. The first-order valence-electron chi connectivity index (χ1n) is 4.82. The molecule has 1 fully saturated rings. The Morgan fingerprint density at radius 1 is 1.53 bits per heavy atom. The fraction of sp³-hybridized carbons (Fsp3) is 0.889. The third-order valence-electron chi connectivity index (χ3n) is 1.98. The summed E-state index contributed by atoms with van der Waals surface area (Å²) >= 11 is -2.02. The van der Waals surface area contributed by atoms with E-state index >= 15 is 0 Å². The molecule has 1 unspecified atom stereocenters. The maximum absolute atomic E-state index is 11.4. The second kappa shape index (κ2) is 4.49. The van der Waals surface area contributed by atoms with Gasteiger partial charge in [-0.1, -0.05) is 11.1 Å². The normalized spacial score (nSPS) is 19.6. The predicted molar refractivity (Wildman–Crippen MR) is 55.1 cm³/mol. The molecule has 0 aromatic rings. The largest absolute Gasteiger partial charge is 0.772 e. The highest BCUT2D eigenvalue weighted by Gasteiger charge is 2.33. The molecule has 0 saturated carbocycles. The third-order valence-corrected chi connectivity index (χ3v) is 2.72. The average Bonchev–Trinajstić information content (AvgIpc) is 1.91. The number of hydrogen-bond acceptors (Lipinski definition) is 4. The summed E-state index contributed by atoms with van der Waals surface area (Å²) in [6, 6.07) is 0. The fourth-order valence-corrected chi connectivity index (χ4v) is 1.94.